The Labute approximate surface area is 98.0 Å². The summed E-state index contributed by atoms with van der Waals surface area (Å²) in [5, 5.41) is 8.86. The van der Waals surface area contributed by atoms with Crippen molar-refractivity contribution in [3.63, 3.8) is 0 Å². The minimum atomic E-state index is -1.13. The van der Waals surface area contributed by atoms with Crippen molar-refractivity contribution in [1.82, 2.24) is 0 Å². The number of aromatic carboxylic acids is 1. The molecule has 0 unspecified atom stereocenters. The molecule has 0 saturated carbocycles. The molecule has 1 rings (SSSR count). The topological polar surface area (TPSA) is 80.7 Å². The van der Waals surface area contributed by atoms with E-state index in [1.807, 2.05) is 0 Å². The summed E-state index contributed by atoms with van der Waals surface area (Å²) >= 11 is 0. The van der Waals surface area contributed by atoms with Crippen LogP contribution in [0, 0.1) is 0 Å². The molecule has 0 aliphatic carbocycles. The molecular formula is C12H12O5. The molecule has 0 spiro atoms. The van der Waals surface area contributed by atoms with E-state index in [4.69, 9.17) is 9.84 Å². The largest absolute Gasteiger partial charge is 0.485 e. The normalized spacial score (nSPS) is 9.71. The number of ketones is 2. The molecule has 1 aromatic rings. The lowest BCUT2D eigenvalue weighted by molar-refractivity contribution is -0.127. The first-order valence-corrected chi connectivity index (χ1v) is 4.97. The van der Waals surface area contributed by atoms with Crippen LogP contribution in [-0.2, 0) is 9.59 Å². The highest BCUT2D eigenvalue weighted by molar-refractivity contribution is 5.98. The molecule has 0 heterocycles. The molecule has 0 atom stereocenters. The molecule has 0 amide bonds. The van der Waals surface area contributed by atoms with Crippen LogP contribution in [0.1, 0.15) is 23.7 Å². The standard InChI is InChI=1S/C12H12O5/c1-8(13)6-9(14)7-17-11-5-3-2-4-10(11)12(15)16/h2-5H,6-7H2,1H3,(H,15,16). The number of carboxylic acids is 1. The molecule has 1 N–H and O–H groups in total. The second kappa shape index (κ2) is 5.79. The zero-order valence-corrected chi connectivity index (χ0v) is 9.30. The number of hydrogen-bond acceptors (Lipinski definition) is 4. The first kappa shape index (κ1) is 12.9. The van der Waals surface area contributed by atoms with Crippen molar-refractivity contribution in [3.05, 3.63) is 29.8 Å². The Morgan fingerprint density at radius 3 is 2.47 bits per heavy atom. The zero-order chi connectivity index (χ0) is 12.8. The minimum absolute atomic E-state index is 0.0110. The van der Waals surface area contributed by atoms with Gasteiger partial charge < -0.3 is 9.84 Å². The lowest BCUT2D eigenvalue weighted by Gasteiger charge is -2.07. The summed E-state index contributed by atoms with van der Waals surface area (Å²) in [5.41, 5.74) is -0.0110. The van der Waals surface area contributed by atoms with Crippen molar-refractivity contribution in [3.8, 4) is 5.75 Å². The van der Waals surface area contributed by atoms with Gasteiger partial charge in [-0.25, -0.2) is 4.79 Å². The van der Waals surface area contributed by atoms with E-state index < -0.39 is 5.97 Å². The highest BCUT2D eigenvalue weighted by atomic mass is 16.5. The van der Waals surface area contributed by atoms with Gasteiger partial charge in [-0.1, -0.05) is 12.1 Å². The van der Waals surface area contributed by atoms with E-state index in [-0.39, 0.29) is 35.9 Å². The summed E-state index contributed by atoms with van der Waals surface area (Å²) in [7, 11) is 0. The van der Waals surface area contributed by atoms with Gasteiger partial charge in [-0.2, -0.15) is 0 Å². The maximum absolute atomic E-state index is 11.2. The predicted molar refractivity (Wildman–Crippen MR) is 59.2 cm³/mol. The van der Waals surface area contributed by atoms with Crippen LogP contribution >= 0.6 is 0 Å². The van der Waals surface area contributed by atoms with Crippen molar-refractivity contribution in [2.45, 2.75) is 13.3 Å². The third-order valence-corrected chi connectivity index (χ3v) is 1.95. The molecule has 1 aromatic carbocycles. The van der Waals surface area contributed by atoms with Crippen LogP contribution in [0.2, 0.25) is 0 Å². The molecule has 5 nitrogen and oxygen atoms in total. The molecule has 0 aliphatic rings. The monoisotopic (exact) mass is 236 g/mol. The van der Waals surface area contributed by atoms with Crippen molar-refractivity contribution in [2.75, 3.05) is 6.61 Å². The predicted octanol–water partition coefficient (Wildman–Crippen LogP) is 1.31. The van der Waals surface area contributed by atoms with Crippen LogP contribution in [0.15, 0.2) is 24.3 Å². The second-order valence-corrected chi connectivity index (χ2v) is 3.51. The Morgan fingerprint density at radius 1 is 1.24 bits per heavy atom. The Hall–Kier alpha value is -2.17. The Morgan fingerprint density at radius 2 is 1.88 bits per heavy atom. The summed E-state index contributed by atoms with van der Waals surface area (Å²) in [6, 6.07) is 6.02. The van der Waals surface area contributed by atoms with Crippen molar-refractivity contribution >= 4 is 17.5 Å². The van der Waals surface area contributed by atoms with Crippen LogP contribution in [0.5, 0.6) is 5.75 Å². The maximum Gasteiger partial charge on any atom is 0.339 e. The van der Waals surface area contributed by atoms with Gasteiger partial charge in [0.25, 0.3) is 0 Å². The van der Waals surface area contributed by atoms with E-state index in [0.717, 1.165) is 0 Å². The molecule has 0 fully saturated rings. The quantitative estimate of drug-likeness (QED) is 0.753. The number of ether oxygens (including phenoxy) is 1. The van der Waals surface area contributed by atoms with E-state index in [1.54, 1.807) is 12.1 Å². The summed E-state index contributed by atoms with van der Waals surface area (Å²) in [5.74, 6) is -1.63. The summed E-state index contributed by atoms with van der Waals surface area (Å²) < 4.78 is 5.08. The molecule has 0 aromatic heterocycles. The van der Waals surface area contributed by atoms with E-state index in [9.17, 15) is 14.4 Å². The Balaban J connectivity index is 2.66. The number of carbonyl (C=O) groups is 3. The molecular weight excluding hydrogens is 224 g/mol. The number of Topliss-reactive ketones (excluding diaryl/α,β-unsaturated/α-hetero) is 2. The van der Waals surface area contributed by atoms with Gasteiger partial charge in [-0.15, -0.1) is 0 Å². The summed E-state index contributed by atoms with van der Waals surface area (Å²) in [6.45, 7) is 1.01. The van der Waals surface area contributed by atoms with Crippen LogP contribution in [0.4, 0.5) is 0 Å². The third kappa shape index (κ3) is 4.06. The number of rotatable bonds is 6. The lowest BCUT2D eigenvalue weighted by atomic mass is 10.2. The smallest absolute Gasteiger partial charge is 0.339 e. The molecule has 0 saturated heterocycles. The first-order valence-electron chi connectivity index (χ1n) is 4.97. The first-order chi connectivity index (χ1) is 8.00. The number of para-hydroxylation sites is 1. The fourth-order valence-electron chi connectivity index (χ4n) is 1.26. The van der Waals surface area contributed by atoms with Gasteiger partial charge in [-0.3, -0.25) is 9.59 Å². The minimum Gasteiger partial charge on any atom is -0.485 e. The average Bonchev–Trinajstić information content (AvgIpc) is 2.25. The lowest BCUT2D eigenvalue weighted by Crippen LogP contribution is -2.15. The van der Waals surface area contributed by atoms with E-state index in [1.165, 1.54) is 19.1 Å². The summed E-state index contributed by atoms with van der Waals surface area (Å²) in [6.07, 6.45) is -0.199. The van der Waals surface area contributed by atoms with Crippen LogP contribution in [-0.4, -0.2) is 29.2 Å². The molecule has 0 radical (unpaired) electrons. The van der Waals surface area contributed by atoms with Crippen LogP contribution in [0.25, 0.3) is 0 Å². The van der Waals surface area contributed by atoms with Crippen molar-refractivity contribution in [1.29, 1.82) is 0 Å². The zero-order valence-electron chi connectivity index (χ0n) is 9.30. The Bertz CT molecular complexity index is 450. The fourth-order valence-corrected chi connectivity index (χ4v) is 1.26. The second-order valence-electron chi connectivity index (χ2n) is 3.51. The number of hydrogen-bond donors (Lipinski definition) is 1. The molecule has 0 bridgehead atoms. The molecule has 17 heavy (non-hydrogen) atoms. The summed E-state index contributed by atoms with van der Waals surface area (Å²) in [4.78, 5) is 32.7. The van der Waals surface area contributed by atoms with E-state index >= 15 is 0 Å². The van der Waals surface area contributed by atoms with E-state index in [0.29, 0.717) is 0 Å². The van der Waals surface area contributed by atoms with Gasteiger partial charge in [0.2, 0.25) is 0 Å². The third-order valence-electron chi connectivity index (χ3n) is 1.95. The van der Waals surface area contributed by atoms with E-state index in [2.05, 4.69) is 0 Å². The van der Waals surface area contributed by atoms with Gasteiger partial charge >= 0.3 is 5.97 Å². The maximum atomic E-state index is 11.2. The molecule has 90 valence electrons. The Kier molecular flexibility index (Phi) is 4.39. The highest BCUT2D eigenvalue weighted by Crippen LogP contribution is 2.17. The molecule has 0 aliphatic heterocycles. The van der Waals surface area contributed by atoms with Gasteiger partial charge in [0.05, 0.1) is 6.42 Å². The van der Waals surface area contributed by atoms with Gasteiger partial charge in [0.1, 0.15) is 23.7 Å². The van der Waals surface area contributed by atoms with Gasteiger partial charge in [0.15, 0.2) is 5.78 Å². The van der Waals surface area contributed by atoms with Crippen molar-refractivity contribution < 1.29 is 24.2 Å². The number of carbonyl (C=O) groups excluding carboxylic acids is 2. The van der Waals surface area contributed by atoms with Gasteiger partial charge in [0, 0.05) is 0 Å². The number of benzene rings is 1. The molecule has 5 heteroatoms. The SMILES string of the molecule is CC(=O)CC(=O)COc1ccccc1C(=O)O. The van der Waals surface area contributed by atoms with Crippen LogP contribution < -0.4 is 4.74 Å². The van der Waals surface area contributed by atoms with Gasteiger partial charge in [-0.05, 0) is 19.1 Å². The highest BCUT2D eigenvalue weighted by Gasteiger charge is 2.12. The van der Waals surface area contributed by atoms with Crippen molar-refractivity contribution in [2.24, 2.45) is 0 Å². The van der Waals surface area contributed by atoms with Crippen LogP contribution in [0.3, 0.4) is 0 Å². The number of carboxylic acid groups (broad SMARTS) is 1. The average molecular weight is 236 g/mol. The fraction of sp³-hybridized carbons (Fsp3) is 0.250.